The Morgan fingerprint density at radius 1 is 1.44 bits per heavy atom. The Bertz CT molecular complexity index is 426. The summed E-state index contributed by atoms with van der Waals surface area (Å²) in [7, 11) is 0. The average molecular weight is 282 g/mol. The first-order valence-corrected chi connectivity index (χ1v) is 6.34. The van der Waals surface area contributed by atoms with Crippen LogP contribution < -0.4 is 0 Å². The minimum Gasteiger partial charge on any atom is -0.475 e. The standard InChI is InChI=1S/C13H16BrNO/c1-8(2)12-7-16-13(15-12)10-6-9(3)4-5-11(10)14/h4-6,8,12H,7H2,1-3H3/t12-/m1/s1. The minimum absolute atomic E-state index is 0.294. The molecular weight excluding hydrogens is 266 g/mol. The molecule has 1 aliphatic rings. The molecule has 0 spiro atoms. The molecule has 3 heteroatoms. The van der Waals surface area contributed by atoms with Gasteiger partial charge in [-0.1, -0.05) is 25.5 Å². The van der Waals surface area contributed by atoms with Crippen LogP contribution in [0.25, 0.3) is 0 Å². The van der Waals surface area contributed by atoms with E-state index in [1.807, 2.05) is 6.07 Å². The van der Waals surface area contributed by atoms with Crippen molar-refractivity contribution in [3.8, 4) is 0 Å². The maximum absolute atomic E-state index is 5.67. The van der Waals surface area contributed by atoms with Crippen molar-refractivity contribution in [2.24, 2.45) is 10.9 Å². The molecule has 0 fully saturated rings. The Labute approximate surface area is 105 Å². The number of nitrogens with zero attached hydrogens (tertiary/aromatic N) is 1. The summed E-state index contributed by atoms with van der Waals surface area (Å²) in [5, 5.41) is 0. The summed E-state index contributed by atoms with van der Waals surface area (Å²) in [6.07, 6.45) is 0. The van der Waals surface area contributed by atoms with E-state index in [1.165, 1.54) is 5.56 Å². The largest absolute Gasteiger partial charge is 0.475 e. The van der Waals surface area contributed by atoms with Gasteiger partial charge in [0, 0.05) is 4.47 Å². The quantitative estimate of drug-likeness (QED) is 0.812. The van der Waals surface area contributed by atoms with Crippen molar-refractivity contribution in [2.45, 2.75) is 26.8 Å². The number of aryl methyl sites for hydroxylation is 1. The molecule has 86 valence electrons. The summed E-state index contributed by atoms with van der Waals surface area (Å²) in [6.45, 7) is 7.12. The Kier molecular flexibility index (Phi) is 3.33. The highest BCUT2D eigenvalue weighted by atomic mass is 79.9. The van der Waals surface area contributed by atoms with E-state index in [2.05, 4.69) is 53.8 Å². The number of halogens is 1. The normalized spacial score (nSPS) is 19.8. The van der Waals surface area contributed by atoms with Gasteiger partial charge in [0.15, 0.2) is 0 Å². The van der Waals surface area contributed by atoms with E-state index in [0.29, 0.717) is 18.6 Å². The topological polar surface area (TPSA) is 21.6 Å². The SMILES string of the molecule is Cc1ccc(Br)c(C2=N[C@@H](C(C)C)CO2)c1. The molecular formula is C13H16BrNO. The zero-order valence-electron chi connectivity index (χ0n) is 9.83. The third-order valence-corrected chi connectivity index (χ3v) is 3.49. The van der Waals surface area contributed by atoms with Gasteiger partial charge in [0.1, 0.15) is 6.61 Å². The molecule has 2 rings (SSSR count). The molecule has 1 aliphatic heterocycles. The van der Waals surface area contributed by atoms with Gasteiger partial charge < -0.3 is 4.74 Å². The van der Waals surface area contributed by atoms with Crippen LogP contribution in [0.5, 0.6) is 0 Å². The molecule has 0 aliphatic carbocycles. The van der Waals surface area contributed by atoms with Gasteiger partial charge in [-0.25, -0.2) is 4.99 Å². The highest BCUT2D eigenvalue weighted by Crippen LogP contribution is 2.24. The lowest BCUT2D eigenvalue weighted by Crippen LogP contribution is -2.13. The maximum Gasteiger partial charge on any atom is 0.217 e. The third-order valence-electron chi connectivity index (χ3n) is 2.80. The molecule has 1 aromatic rings. The van der Waals surface area contributed by atoms with Crippen LogP contribution in [-0.4, -0.2) is 18.5 Å². The van der Waals surface area contributed by atoms with E-state index < -0.39 is 0 Å². The number of benzene rings is 1. The summed E-state index contributed by atoms with van der Waals surface area (Å²) in [6, 6.07) is 6.51. The molecule has 1 atom stereocenters. The Morgan fingerprint density at radius 3 is 2.81 bits per heavy atom. The minimum atomic E-state index is 0.294. The molecule has 0 saturated heterocycles. The highest BCUT2D eigenvalue weighted by Gasteiger charge is 2.23. The number of hydrogen-bond acceptors (Lipinski definition) is 2. The molecule has 16 heavy (non-hydrogen) atoms. The molecule has 2 nitrogen and oxygen atoms in total. The van der Waals surface area contributed by atoms with Gasteiger partial charge in [-0.3, -0.25) is 0 Å². The maximum atomic E-state index is 5.67. The van der Waals surface area contributed by atoms with E-state index in [1.54, 1.807) is 0 Å². The summed E-state index contributed by atoms with van der Waals surface area (Å²) >= 11 is 3.54. The molecule has 0 radical (unpaired) electrons. The van der Waals surface area contributed by atoms with Crippen LogP contribution in [0.2, 0.25) is 0 Å². The van der Waals surface area contributed by atoms with Crippen molar-refractivity contribution in [3.63, 3.8) is 0 Å². The van der Waals surface area contributed by atoms with Crippen molar-refractivity contribution >= 4 is 21.8 Å². The first-order valence-electron chi connectivity index (χ1n) is 5.55. The van der Waals surface area contributed by atoms with Crippen LogP contribution in [0.4, 0.5) is 0 Å². The van der Waals surface area contributed by atoms with Gasteiger partial charge in [0.25, 0.3) is 0 Å². The Balaban J connectivity index is 2.32. The lowest BCUT2D eigenvalue weighted by Gasteiger charge is -2.06. The van der Waals surface area contributed by atoms with E-state index >= 15 is 0 Å². The van der Waals surface area contributed by atoms with Crippen LogP contribution in [0.3, 0.4) is 0 Å². The van der Waals surface area contributed by atoms with Gasteiger partial charge in [-0.05, 0) is 40.9 Å². The molecule has 0 amide bonds. The lowest BCUT2D eigenvalue weighted by molar-refractivity contribution is 0.291. The van der Waals surface area contributed by atoms with Gasteiger partial charge >= 0.3 is 0 Å². The molecule has 0 bridgehead atoms. The molecule has 1 aromatic carbocycles. The summed E-state index contributed by atoms with van der Waals surface area (Å²) < 4.78 is 6.71. The zero-order valence-corrected chi connectivity index (χ0v) is 11.4. The van der Waals surface area contributed by atoms with Crippen molar-refractivity contribution in [2.75, 3.05) is 6.61 Å². The predicted molar refractivity (Wildman–Crippen MR) is 70.0 cm³/mol. The van der Waals surface area contributed by atoms with Crippen molar-refractivity contribution in [1.82, 2.24) is 0 Å². The lowest BCUT2D eigenvalue weighted by atomic mass is 10.1. The smallest absolute Gasteiger partial charge is 0.217 e. The molecule has 0 unspecified atom stereocenters. The summed E-state index contributed by atoms with van der Waals surface area (Å²) in [5.74, 6) is 1.30. The van der Waals surface area contributed by atoms with Crippen LogP contribution >= 0.6 is 15.9 Å². The number of hydrogen-bond donors (Lipinski definition) is 0. The highest BCUT2D eigenvalue weighted by molar-refractivity contribution is 9.10. The molecule has 1 heterocycles. The van der Waals surface area contributed by atoms with E-state index in [0.717, 1.165) is 15.9 Å². The van der Waals surface area contributed by atoms with Gasteiger partial charge in [-0.15, -0.1) is 0 Å². The fraction of sp³-hybridized carbons (Fsp3) is 0.462. The van der Waals surface area contributed by atoms with E-state index in [9.17, 15) is 0 Å². The van der Waals surface area contributed by atoms with Gasteiger partial charge in [0.05, 0.1) is 11.6 Å². The zero-order chi connectivity index (χ0) is 11.7. The number of ether oxygens (including phenoxy) is 1. The molecule has 0 saturated carbocycles. The van der Waals surface area contributed by atoms with Crippen molar-refractivity contribution in [3.05, 3.63) is 33.8 Å². The van der Waals surface area contributed by atoms with E-state index in [4.69, 9.17) is 4.74 Å². The van der Waals surface area contributed by atoms with E-state index in [-0.39, 0.29) is 0 Å². The Hall–Kier alpha value is -0.830. The monoisotopic (exact) mass is 281 g/mol. The van der Waals surface area contributed by atoms with Crippen LogP contribution in [0.1, 0.15) is 25.0 Å². The molecule has 0 aromatic heterocycles. The summed E-state index contributed by atoms with van der Waals surface area (Å²) in [5.41, 5.74) is 2.28. The second kappa shape index (κ2) is 4.58. The summed E-state index contributed by atoms with van der Waals surface area (Å²) in [4.78, 5) is 4.62. The number of rotatable bonds is 2. The van der Waals surface area contributed by atoms with Crippen LogP contribution in [0.15, 0.2) is 27.7 Å². The van der Waals surface area contributed by atoms with Crippen molar-refractivity contribution < 1.29 is 4.74 Å². The second-order valence-corrected chi connectivity index (χ2v) is 5.39. The van der Waals surface area contributed by atoms with Gasteiger partial charge in [-0.2, -0.15) is 0 Å². The fourth-order valence-electron chi connectivity index (χ4n) is 1.68. The number of aliphatic imine (C=N–C) groups is 1. The first-order chi connectivity index (χ1) is 7.58. The molecule has 0 N–H and O–H groups in total. The first kappa shape index (κ1) is 11.6. The second-order valence-electron chi connectivity index (χ2n) is 4.54. The van der Waals surface area contributed by atoms with Crippen LogP contribution in [0, 0.1) is 12.8 Å². The third kappa shape index (κ3) is 2.29. The fourth-order valence-corrected chi connectivity index (χ4v) is 2.10. The van der Waals surface area contributed by atoms with Crippen molar-refractivity contribution in [1.29, 1.82) is 0 Å². The predicted octanol–water partition coefficient (Wildman–Crippen LogP) is 3.56. The van der Waals surface area contributed by atoms with Crippen LogP contribution in [-0.2, 0) is 4.74 Å². The Morgan fingerprint density at radius 2 is 2.19 bits per heavy atom. The van der Waals surface area contributed by atoms with Gasteiger partial charge in [0.2, 0.25) is 5.90 Å². The average Bonchev–Trinajstić information content (AvgIpc) is 2.70.